The summed E-state index contributed by atoms with van der Waals surface area (Å²) in [4.78, 5) is 31.0. The highest BCUT2D eigenvalue weighted by atomic mass is 32.1. The van der Waals surface area contributed by atoms with Crippen molar-refractivity contribution in [3.05, 3.63) is 58.6 Å². The second kappa shape index (κ2) is 4.94. The number of hydrogen-bond acceptors (Lipinski definition) is 6. The second-order valence-corrected chi connectivity index (χ2v) is 6.79. The minimum Gasteiger partial charge on any atom is -0.336 e. The zero-order chi connectivity index (χ0) is 17.1. The van der Waals surface area contributed by atoms with Gasteiger partial charge in [-0.25, -0.2) is 4.98 Å². The van der Waals surface area contributed by atoms with Gasteiger partial charge >= 0.3 is 0 Å². The van der Waals surface area contributed by atoms with E-state index in [2.05, 4.69) is 10.1 Å². The van der Waals surface area contributed by atoms with Gasteiger partial charge in [0, 0.05) is 21.6 Å². The number of ketones is 2. The molecule has 0 unspecified atom stereocenters. The molecule has 1 aliphatic rings. The molecule has 0 fully saturated rings. The van der Waals surface area contributed by atoms with Crippen LogP contribution < -0.4 is 0 Å². The van der Waals surface area contributed by atoms with Crippen molar-refractivity contribution >= 4 is 34.0 Å². The van der Waals surface area contributed by atoms with Gasteiger partial charge in [-0.05, 0) is 18.4 Å². The Morgan fingerprint density at radius 3 is 2.52 bits per heavy atom. The van der Waals surface area contributed by atoms with Crippen LogP contribution in [-0.4, -0.2) is 21.7 Å². The molecule has 0 aliphatic heterocycles. The number of nitrogens with zero attached hydrogens (tertiary/aromatic N) is 2. The first-order valence-electron chi connectivity index (χ1n) is 7.69. The third-order valence-corrected chi connectivity index (χ3v) is 5.31. The van der Waals surface area contributed by atoms with E-state index in [0.29, 0.717) is 44.7 Å². The van der Waals surface area contributed by atoms with Gasteiger partial charge < -0.3 is 4.52 Å². The van der Waals surface area contributed by atoms with Crippen molar-refractivity contribution in [2.75, 3.05) is 0 Å². The van der Waals surface area contributed by atoms with E-state index in [9.17, 15) is 9.59 Å². The normalized spacial score (nSPS) is 13.2. The van der Waals surface area contributed by atoms with Gasteiger partial charge in [0.2, 0.25) is 11.6 Å². The van der Waals surface area contributed by atoms with Crippen molar-refractivity contribution in [2.24, 2.45) is 0 Å². The maximum atomic E-state index is 12.9. The lowest BCUT2D eigenvalue weighted by Crippen LogP contribution is -2.23. The minimum absolute atomic E-state index is 0.338. The fourth-order valence-corrected chi connectivity index (χ4v) is 4.11. The maximum absolute atomic E-state index is 12.9. The fourth-order valence-electron chi connectivity index (χ4n) is 3.33. The van der Waals surface area contributed by atoms with E-state index in [-0.39, 0.29) is 0 Å². The molecule has 0 saturated heterocycles. The molecule has 3 aromatic heterocycles. The van der Waals surface area contributed by atoms with Crippen molar-refractivity contribution in [3.63, 3.8) is 0 Å². The second-order valence-electron chi connectivity index (χ2n) is 5.84. The van der Waals surface area contributed by atoms with Crippen LogP contribution in [0.5, 0.6) is 0 Å². The Kier molecular flexibility index (Phi) is 2.81. The Bertz CT molecular complexity index is 1190. The highest BCUT2D eigenvalue weighted by Gasteiger charge is 2.36. The van der Waals surface area contributed by atoms with E-state index < -0.39 is 11.6 Å². The van der Waals surface area contributed by atoms with Crippen molar-refractivity contribution < 1.29 is 14.1 Å². The lowest BCUT2D eigenvalue weighted by Gasteiger charge is -2.19. The number of carbonyl (C=O) groups is 2. The molecule has 1 aromatic carbocycles. The van der Waals surface area contributed by atoms with Gasteiger partial charge in [0.1, 0.15) is 0 Å². The SMILES string of the molecule is Cc1noc2nc3c(c(-c4cccs4)c12)C(=O)C(=O)c1ccccc1-3. The summed E-state index contributed by atoms with van der Waals surface area (Å²) in [6, 6.07) is 10.9. The number of carbonyl (C=O) groups excluding carboxylic acids is 2. The lowest BCUT2D eigenvalue weighted by molar-refractivity contribution is 0.0815. The van der Waals surface area contributed by atoms with E-state index in [0.717, 1.165) is 4.88 Å². The zero-order valence-corrected chi connectivity index (χ0v) is 13.9. The van der Waals surface area contributed by atoms with Crippen molar-refractivity contribution in [1.82, 2.24) is 10.1 Å². The standard InChI is InChI=1S/C19H10N2O3S/c1-9-13-14(12-7-4-8-25-12)15-16(20-19(13)24-21-9)10-5-2-3-6-11(10)17(22)18(15)23/h2-8H,1H3. The van der Waals surface area contributed by atoms with Crippen LogP contribution in [0.3, 0.4) is 0 Å². The molecule has 5 rings (SSSR count). The summed E-state index contributed by atoms with van der Waals surface area (Å²) < 4.78 is 5.38. The molecule has 1 aliphatic carbocycles. The van der Waals surface area contributed by atoms with Crippen LogP contribution in [0.15, 0.2) is 46.3 Å². The number of fused-ring (bicyclic) bond motifs is 4. The third-order valence-electron chi connectivity index (χ3n) is 4.42. The van der Waals surface area contributed by atoms with Crippen LogP contribution in [0, 0.1) is 6.92 Å². The Morgan fingerprint density at radius 2 is 1.76 bits per heavy atom. The monoisotopic (exact) mass is 346 g/mol. The summed E-state index contributed by atoms with van der Waals surface area (Å²) in [5, 5.41) is 6.62. The van der Waals surface area contributed by atoms with Crippen molar-refractivity contribution in [2.45, 2.75) is 6.92 Å². The molecule has 0 amide bonds. The molecule has 0 N–H and O–H groups in total. The van der Waals surface area contributed by atoms with Crippen LogP contribution in [0.2, 0.25) is 0 Å². The first-order valence-corrected chi connectivity index (χ1v) is 8.57. The Labute approximate surface area is 145 Å². The number of hydrogen-bond donors (Lipinski definition) is 0. The molecule has 0 spiro atoms. The number of rotatable bonds is 1. The molecular weight excluding hydrogens is 336 g/mol. The number of benzene rings is 1. The van der Waals surface area contributed by atoms with Gasteiger partial charge in [0.25, 0.3) is 5.71 Å². The molecule has 120 valence electrons. The van der Waals surface area contributed by atoms with Crippen LogP contribution in [0.1, 0.15) is 26.4 Å². The number of aromatic nitrogens is 2. The summed E-state index contributed by atoms with van der Waals surface area (Å²) in [6.07, 6.45) is 0. The summed E-state index contributed by atoms with van der Waals surface area (Å²) in [5.74, 6) is -1.04. The van der Waals surface area contributed by atoms with Crippen LogP contribution in [0.4, 0.5) is 0 Å². The third kappa shape index (κ3) is 1.82. The molecule has 0 bridgehead atoms. The average Bonchev–Trinajstić information content (AvgIpc) is 3.28. The van der Waals surface area contributed by atoms with Gasteiger partial charge in [-0.15, -0.1) is 11.3 Å². The lowest BCUT2D eigenvalue weighted by atomic mass is 9.83. The molecule has 25 heavy (non-hydrogen) atoms. The summed E-state index contributed by atoms with van der Waals surface area (Å²) in [7, 11) is 0. The topological polar surface area (TPSA) is 73.1 Å². The molecular formula is C19H10N2O3S. The first kappa shape index (κ1) is 14.2. The number of pyridine rings is 1. The Morgan fingerprint density at radius 1 is 0.960 bits per heavy atom. The van der Waals surface area contributed by atoms with Crippen molar-refractivity contribution in [3.8, 4) is 21.7 Å². The van der Waals surface area contributed by atoms with E-state index in [1.54, 1.807) is 25.1 Å². The van der Waals surface area contributed by atoms with Crippen LogP contribution in [0.25, 0.3) is 32.8 Å². The molecule has 0 radical (unpaired) electrons. The maximum Gasteiger partial charge on any atom is 0.259 e. The van der Waals surface area contributed by atoms with Gasteiger partial charge in [-0.2, -0.15) is 0 Å². The van der Waals surface area contributed by atoms with E-state index in [1.807, 2.05) is 23.6 Å². The smallest absolute Gasteiger partial charge is 0.259 e. The number of thiophene rings is 1. The fraction of sp³-hybridized carbons (Fsp3) is 0.0526. The van der Waals surface area contributed by atoms with E-state index in [4.69, 9.17) is 4.52 Å². The number of aryl methyl sites for hydroxylation is 1. The van der Waals surface area contributed by atoms with Crippen molar-refractivity contribution in [1.29, 1.82) is 0 Å². The molecule has 4 aromatic rings. The largest absolute Gasteiger partial charge is 0.336 e. The average molecular weight is 346 g/mol. The molecule has 0 atom stereocenters. The summed E-state index contributed by atoms with van der Waals surface area (Å²) in [6.45, 7) is 1.81. The molecule has 3 heterocycles. The van der Waals surface area contributed by atoms with E-state index >= 15 is 0 Å². The molecule has 6 heteroatoms. The van der Waals surface area contributed by atoms with Crippen LogP contribution >= 0.6 is 11.3 Å². The van der Waals surface area contributed by atoms with Gasteiger partial charge in [0.05, 0.1) is 22.3 Å². The summed E-state index contributed by atoms with van der Waals surface area (Å²) >= 11 is 1.50. The molecule has 5 nitrogen and oxygen atoms in total. The zero-order valence-electron chi connectivity index (χ0n) is 13.1. The van der Waals surface area contributed by atoms with Gasteiger partial charge in [0.15, 0.2) is 0 Å². The quantitative estimate of drug-likeness (QED) is 0.480. The van der Waals surface area contributed by atoms with Gasteiger partial charge in [-0.3, -0.25) is 9.59 Å². The molecule has 0 saturated carbocycles. The van der Waals surface area contributed by atoms with Crippen LogP contribution in [-0.2, 0) is 0 Å². The Balaban J connectivity index is 2.02. The van der Waals surface area contributed by atoms with Gasteiger partial charge in [-0.1, -0.05) is 35.5 Å². The first-order chi connectivity index (χ1) is 12.2. The predicted octanol–water partition coefficient (Wildman–Crippen LogP) is 4.31. The minimum atomic E-state index is -0.535. The Hall–Kier alpha value is -3.12. The summed E-state index contributed by atoms with van der Waals surface area (Å²) in [5.41, 5.74) is 3.54. The van der Waals surface area contributed by atoms with E-state index in [1.165, 1.54) is 11.3 Å². The number of Topliss-reactive ketones (excluding diaryl/α,β-unsaturated/α-hetero) is 2. The predicted molar refractivity (Wildman–Crippen MR) is 94.0 cm³/mol. The highest BCUT2D eigenvalue weighted by molar-refractivity contribution is 7.13. The highest BCUT2D eigenvalue weighted by Crippen LogP contribution is 2.43.